The van der Waals surface area contributed by atoms with Crippen molar-refractivity contribution in [3.05, 3.63) is 12.4 Å². The molecule has 0 saturated carbocycles. The zero-order chi connectivity index (χ0) is 13.9. The molecule has 1 unspecified atom stereocenters. The third kappa shape index (κ3) is 3.62. The Morgan fingerprint density at radius 3 is 2.63 bits per heavy atom. The second-order valence-electron chi connectivity index (χ2n) is 4.76. The zero-order valence-corrected chi connectivity index (χ0v) is 11.9. The number of aromatic nitrogens is 2. The number of rotatable bonds is 5. The molecule has 1 atom stereocenters. The first-order valence-electron chi connectivity index (χ1n) is 6.19. The van der Waals surface area contributed by atoms with Crippen LogP contribution in [0.2, 0.25) is 0 Å². The van der Waals surface area contributed by atoms with E-state index in [-0.39, 0.29) is 4.90 Å². The zero-order valence-electron chi connectivity index (χ0n) is 11.1. The molecule has 1 saturated heterocycles. The van der Waals surface area contributed by atoms with E-state index in [9.17, 15) is 8.42 Å². The summed E-state index contributed by atoms with van der Waals surface area (Å²) in [6.07, 6.45) is 3.64. The SMILES string of the molecule is CNc1ncc(S(=O)(=O)NCC2CCN(C)C2)cn1. The molecule has 1 aliphatic heterocycles. The van der Waals surface area contributed by atoms with Crippen LogP contribution in [0.5, 0.6) is 0 Å². The Labute approximate surface area is 113 Å². The molecule has 1 aliphatic rings. The Morgan fingerprint density at radius 2 is 2.11 bits per heavy atom. The van der Waals surface area contributed by atoms with Crippen LogP contribution in [0, 0.1) is 5.92 Å². The van der Waals surface area contributed by atoms with Crippen LogP contribution >= 0.6 is 0 Å². The van der Waals surface area contributed by atoms with Crippen LogP contribution in [0.3, 0.4) is 0 Å². The molecule has 7 nitrogen and oxygen atoms in total. The van der Waals surface area contributed by atoms with Gasteiger partial charge in [-0.2, -0.15) is 0 Å². The first-order valence-corrected chi connectivity index (χ1v) is 7.67. The standard InChI is InChI=1S/C11H19N5O2S/c1-12-11-13-6-10(7-14-11)19(17,18)15-5-9-3-4-16(2)8-9/h6-7,9,15H,3-5,8H2,1-2H3,(H,12,13,14). The third-order valence-electron chi connectivity index (χ3n) is 3.21. The van der Waals surface area contributed by atoms with Crippen LogP contribution in [0.25, 0.3) is 0 Å². The van der Waals surface area contributed by atoms with Crippen molar-refractivity contribution in [3.8, 4) is 0 Å². The molecular formula is C11H19N5O2S. The van der Waals surface area contributed by atoms with Crippen molar-refractivity contribution in [2.75, 3.05) is 39.0 Å². The van der Waals surface area contributed by atoms with E-state index in [1.165, 1.54) is 12.4 Å². The second-order valence-corrected chi connectivity index (χ2v) is 6.53. The van der Waals surface area contributed by atoms with Crippen LogP contribution in [0.1, 0.15) is 6.42 Å². The number of anilines is 1. The minimum atomic E-state index is -3.51. The number of likely N-dealkylation sites (tertiary alicyclic amines) is 1. The van der Waals surface area contributed by atoms with Crippen molar-refractivity contribution in [2.45, 2.75) is 11.3 Å². The summed E-state index contributed by atoms with van der Waals surface area (Å²) in [5.74, 6) is 0.772. The van der Waals surface area contributed by atoms with E-state index in [2.05, 4.69) is 24.9 Å². The van der Waals surface area contributed by atoms with E-state index >= 15 is 0 Å². The van der Waals surface area contributed by atoms with Gasteiger partial charge in [0, 0.05) is 20.1 Å². The van der Waals surface area contributed by atoms with Crippen LogP contribution in [0.15, 0.2) is 17.3 Å². The summed E-state index contributed by atoms with van der Waals surface area (Å²) in [4.78, 5) is 10.1. The summed E-state index contributed by atoms with van der Waals surface area (Å²) in [6.45, 7) is 2.41. The van der Waals surface area contributed by atoms with E-state index in [0.717, 1.165) is 19.5 Å². The van der Waals surface area contributed by atoms with Gasteiger partial charge in [0.1, 0.15) is 4.90 Å². The highest BCUT2D eigenvalue weighted by atomic mass is 32.2. The summed E-state index contributed by atoms with van der Waals surface area (Å²) in [5.41, 5.74) is 0. The maximum absolute atomic E-state index is 12.0. The fourth-order valence-corrected chi connectivity index (χ4v) is 3.09. The number of nitrogens with one attached hydrogen (secondary N) is 2. The summed E-state index contributed by atoms with van der Waals surface area (Å²) in [7, 11) is 0.208. The van der Waals surface area contributed by atoms with Crippen molar-refractivity contribution >= 4 is 16.0 Å². The first-order chi connectivity index (χ1) is 9.01. The predicted octanol–water partition coefficient (Wildman–Crippen LogP) is -0.252. The Morgan fingerprint density at radius 1 is 1.42 bits per heavy atom. The maximum Gasteiger partial charge on any atom is 0.243 e. The predicted molar refractivity (Wildman–Crippen MR) is 72.4 cm³/mol. The van der Waals surface area contributed by atoms with Crippen molar-refractivity contribution in [1.29, 1.82) is 0 Å². The van der Waals surface area contributed by atoms with Crippen LogP contribution in [-0.2, 0) is 10.0 Å². The highest BCUT2D eigenvalue weighted by molar-refractivity contribution is 7.89. The molecule has 0 spiro atoms. The molecule has 0 radical (unpaired) electrons. The molecule has 1 aromatic heterocycles. The Balaban J connectivity index is 1.97. The molecule has 2 N–H and O–H groups in total. The molecule has 2 heterocycles. The molecule has 8 heteroatoms. The molecule has 1 aromatic rings. The lowest BCUT2D eigenvalue weighted by Crippen LogP contribution is -2.30. The number of hydrogen-bond donors (Lipinski definition) is 2. The summed E-state index contributed by atoms with van der Waals surface area (Å²) in [6, 6.07) is 0. The van der Waals surface area contributed by atoms with Gasteiger partial charge < -0.3 is 10.2 Å². The van der Waals surface area contributed by atoms with Gasteiger partial charge in [-0.05, 0) is 25.9 Å². The Bertz CT molecular complexity index is 516. The highest BCUT2D eigenvalue weighted by Crippen LogP contribution is 2.14. The lowest BCUT2D eigenvalue weighted by Gasteiger charge is -2.12. The van der Waals surface area contributed by atoms with Crippen molar-refractivity contribution < 1.29 is 8.42 Å². The van der Waals surface area contributed by atoms with Gasteiger partial charge >= 0.3 is 0 Å². The van der Waals surface area contributed by atoms with Gasteiger partial charge in [-0.15, -0.1) is 0 Å². The van der Waals surface area contributed by atoms with Crippen molar-refractivity contribution in [1.82, 2.24) is 19.6 Å². The van der Waals surface area contributed by atoms with Gasteiger partial charge in [0.15, 0.2) is 0 Å². The Kier molecular flexibility index (Phi) is 4.33. The maximum atomic E-state index is 12.0. The Hall–Kier alpha value is -1.25. The van der Waals surface area contributed by atoms with Crippen molar-refractivity contribution in [2.24, 2.45) is 5.92 Å². The van der Waals surface area contributed by atoms with Crippen LogP contribution in [0.4, 0.5) is 5.95 Å². The van der Waals surface area contributed by atoms with Gasteiger partial charge in [-0.3, -0.25) is 0 Å². The van der Waals surface area contributed by atoms with Crippen LogP contribution < -0.4 is 10.0 Å². The molecule has 0 bridgehead atoms. The minimum absolute atomic E-state index is 0.0952. The van der Waals surface area contributed by atoms with E-state index in [4.69, 9.17) is 0 Å². The molecule has 0 aromatic carbocycles. The number of nitrogens with zero attached hydrogens (tertiary/aromatic N) is 3. The van der Waals surface area contributed by atoms with Gasteiger partial charge in [-0.1, -0.05) is 0 Å². The molecule has 1 fully saturated rings. The van der Waals surface area contributed by atoms with Gasteiger partial charge in [0.2, 0.25) is 16.0 Å². The van der Waals surface area contributed by atoms with E-state index in [1.54, 1.807) is 7.05 Å². The normalized spacial score (nSPS) is 20.6. The second kappa shape index (κ2) is 5.81. The summed E-state index contributed by atoms with van der Waals surface area (Å²) >= 11 is 0. The number of sulfonamides is 1. The van der Waals surface area contributed by atoms with E-state index < -0.39 is 10.0 Å². The van der Waals surface area contributed by atoms with Gasteiger partial charge in [-0.25, -0.2) is 23.1 Å². The smallest absolute Gasteiger partial charge is 0.243 e. The lowest BCUT2D eigenvalue weighted by molar-refractivity contribution is 0.394. The van der Waals surface area contributed by atoms with E-state index in [0.29, 0.717) is 18.4 Å². The quantitative estimate of drug-likeness (QED) is 0.775. The largest absolute Gasteiger partial charge is 0.357 e. The van der Waals surface area contributed by atoms with Crippen molar-refractivity contribution in [3.63, 3.8) is 0 Å². The molecule has 2 rings (SSSR count). The van der Waals surface area contributed by atoms with Gasteiger partial charge in [0.05, 0.1) is 12.4 Å². The average Bonchev–Trinajstić information content (AvgIpc) is 2.82. The molecule has 106 valence electrons. The summed E-state index contributed by atoms with van der Waals surface area (Å²) in [5, 5.41) is 2.74. The molecule has 19 heavy (non-hydrogen) atoms. The average molecular weight is 285 g/mol. The first kappa shape index (κ1) is 14.2. The number of hydrogen-bond acceptors (Lipinski definition) is 6. The summed E-state index contributed by atoms with van der Waals surface area (Å²) < 4.78 is 26.7. The van der Waals surface area contributed by atoms with Gasteiger partial charge in [0.25, 0.3) is 0 Å². The molecular weight excluding hydrogens is 266 g/mol. The molecule has 0 amide bonds. The fraction of sp³-hybridized carbons (Fsp3) is 0.636. The fourth-order valence-electron chi connectivity index (χ4n) is 2.09. The monoisotopic (exact) mass is 285 g/mol. The third-order valence-corrected chi connectivity index (χ3v) is 4.59. The van der Waals surface area contributed by atoms with E-state index in [1.807, 2.05) is 7.05 Å². The van der Waals surface area contributed by atoms with Crippen LogP contribution in [-0.4, -0.2) is 57.0 Å². The molecule has 0 aliphatic carbocycles. The minimum Gasteiger partial charge on any atom is -0.357 e. The lowest BCUT2D eigenvalue weighted by atomic mass is 10.1. The highest BCUT2D eigenvalue weighted by Gasteiger charge is 2.22. The topological polar surface area (TPSA) is 87.2 Å².